The molecule has 0 aromatic rings. The largest absolute Gasteiger partial charge is 0.394 e. The van der Waals surface area contributed by atoms with Crippen molar-refractivity contribution in [1.29, 1.82) is 0 Å². The molecule has 2 N–H and O–H groups in total. The molecule has 2 saturated heterocycles. The van der Waals surface area contributed by atoms with Gasteiger partial charge in [0.1, 0.15) is 12.2 Å². The average Bonchev–Trinajstić information content (AvgIpc) is 3.11. The summed E-state index contributed by atoms with van der Waals surface area (Å²) in [6.07, 6.45) is 1.52. The Kier molecular flexibility index (Phi) is 8.25. The molecule has 2 unspecified atom stereocenters. The zero-order valence-electron chi connectivity index (χ0n) is 7.67. The summed E-state index contributed by atoms with van der Waals surface area (Å²) in [4.78, 5) is 18.9. The molecule has 82 valence electrons. The third-order valence-corrected chi connectivity index (χ3v) is 1.12. The first-order chi connectivity index (χ1) is 6.78. The van der Waals surface area contributed by atoms with Crippen molar-refractivity contribution in [3.8, 4) is 0 Å². The van der Waals surface area contributed by atoms with Crippen LogP contribution in [0.1, 0.15) is 0 Å². The number of carbonyl (C=O) groups excluding carboxylic acids is 2. The number of hydrogen-bond acceptors (Lipinski definition) is 6. The fourth-order valence-corrected chi connectivity index (χ4v) is 0.268. The molecule has 0 bridgehead atoms. The van der Waals surface area contributed by atoms with Gasteiger partial charge in [0, 0.05) is 0 Å². The monoisotopic (exact) mass is 206 g/mol. The summed E-state index contributed by atoms with van der Waals surface area (Å²) >= 11 is 0. The van der Waals surface area contributed by atoms with Gasteiger partial charge in [-0.25, -0.2) is 0 Å². The third kappa shape index (κ3) is 11.2. The fraction of sp³-hybridized carbons (Fsp3) is 0.750. The Morgan fingerprint density at radius 3 is 1.29 bits per heavy atom. The van der Waals surface area contributed by atoms with Crippen molar-refractivity contribution < 1.29 is 29.3 Å². The molecule has 6 heteroatoms. The molecule has 14 heavy (non-hydrogen) atoms. The summed E-state index contributed by atoms with van der Waals surface area (Å²) < 4.78 is 8.98. The second-order valence-corrected chi connectivity index (χ2v) is 2.46. The first-order valence-corrected chi connectivity index (χ1v) is 4.14. The first-order valence-electron chi connectivity index (χ1n) is 4.14. The van der Waals surface area contributed by atoms with Gasteiger partial charge in [0.05, 0.1) is 26.4 Å². The summed E-state index contributed by atoms with van der Waals surface area (Å²) in [6, 6.07) is 0. The van der Waals surface area contributed by atoms with Gasteiger partial charge in [-0.15, -0.1) is 0 Å². The highest BCUT2D eigenvalue weighted by Crippen LogP contribution is 2.02. The van der Waals surface area contributed by atoms with Crippen LogP contribution >= 0.6 is 0 Å². The van der Waals surface area contributed by atoms with Crippen molar-refractivity contribution in [2.45, 2.75) is 12.2 Å². The van der Waals surface area contributed by atoms with Crippen LogP contribution in [0.15, 0.2) is 0 Å². The van der Waals surface area contributed by atoms with E-state index in [2.05, 4.69) is 9.47 Å². The van der Waals surface area contributed by atoms with Crippen molar-refractivity contribution in [3.05, 3.63) is 0 Å². The lowest BCUT2D eigenvalue weighted by molar-refractivity contribution is -0.109. The number of aliphatic hydroxyl groups excluding tert-OH is 2. The summed E-state index contributed by atoms with van der Waals surface area (Å²) in [7, 11) is 0. The number of epoxide rings is 2. The van der Waals surface area contributed by atoms with Gasteiger partial charge in [-0.05, 0) is 0 Å². The van der Waals surface area contributed by atoms with Crippen molar-refractivity contribution in [2.75, 3.05) is 26.4 Å². The van der Waals surface area contributed by atoms with E-state index in [0.717, 1.165) is 12.6 Å². The quantitative estimate of drug-likeness (QED) is 0.415. The smallest absolute Gasteiger partial charge is 0.151 e. The van der Waals surface area contributed by atoms with Crippen molar-refractivity contribution in [1.82, 2.24) is 0 Å². The number of hydrogen-bond donors (Lipinski definition) is 2. The Bertz CT molecular complexity index is 134. The zero-order chi connectivity index (χ0) is 10.8. The molecule has 0 aromatic carbocycles. The fourth-order valence-electron chi connectivity index (χ4n) is 0.268. The number of rotatable bonds is 3. The third-order valence-electron chi connectivity index (χ3n) is 1.12. The molecular weight excluding hydrogens is 192 g/mol. The zero-order valence-corrected chi connectivity index (χ0v) is 7.67. The number of aldehydes is 2. The highest BCUT2D eigenvalue weighted by atomic mass is 16.6. The molecule has 0 aliphatic carbocycles. The molecule has 6 nitrogen and oxygen atoms in total. The van der Waals surface area contributed by atoms with Crippen LogP contribution in [0.3, 0.4) is 0 Å². The Morgan fingerprint density at radius 2 is 1.29 bits per heavy atom. The Balaban J connectivity index is 0.000000183. The minimum absolute atomic E-state index is 0.0463. The van der Waals surface area contributed by atoms with E-state index in [4.69, 9.17) is 10.2 Å². The van der Waals surface area contributed by atoms with Gasteiger partial charge in [0.2, 0.25) is 0 Å². The van der Waals surface area contributed by atoms with E-state index in [1.807, 2.05) is 0 Å². The Morgan fingerprint density at radius 1 is 1.00 bits per heavy atom. The van der Waals surface area contributed by atoms with Crippen LogP contribution in [-0.4, -0.2) is 61.4 Å². The van der Waals surface area contributed by atoms with Gasteiger partial charge in [0.25, 0.3) is 0 Å². The van der Waals surface area contributed by atoms with E-state index in [1.54, 1.807) is 0 Å². The van der Waals surface area contributed by atoms with Crippen molar-refractivity contribution in [2.24, 2.45) is 0 Å². The molecule has 2 fully saturated rings. The van der Waals surface area contributed by atoms with Gasteiger partial charge in [-0.3, -0.25) is 0 Å². The summed E-state index contributed by atoms with van der Waals surface area (Å²) in [5, 5.41) is 15.2. The Hall–Kier alpha value is -0.820. The molecule has 0 radical (unpaired) electrons. The van der Waals surface area contributed by atoms with Gasteiger partial charge in [0.15, 0.2) is 12.6 Å². The van der Waals surface area contributed by atoms with Gasteiger partial charge in [-0.2, -0.15) is 0 Å². The van der Waals surface area contributed by atoms with Crippen molar-refractivity contribution in [3.63, 3.8) is 0 Å². The molecular formula is C8H14O6. The molecule has 0 spiro atoms. The lowest BCUT2D eigenvalue weighted by Crippen LogP contribution is -1.85. The molecule has 2 atom stereocenters. The standard InChI is InChI=1S/2C3H4O2.C2H6O2/c2*4-1-3-2-5-3;3-1-2-4/h2*1,3H,2H2;3-4H,1-2H2. The maximum Gasteiger partial charge on any atom is 0.151 e. The van der Waals surface area contributed by atoms with Gasteiger partial charge < -0.3 is 29.3 Å². The Labute approximate surface area is 81.4 Å². The molecule has 2 aliphatic rings. The highest BCUT2D eigenvalue weighted by molar-refractivity contribution is 5.59. The SMILES string of the molecule is O=CC1CO1.O=CC1CO1.OCCO. The molecule has 2 aliphatic heterocycles. The van der Waals surface area contributed by atoms with Crippen LogP contribution < -0.4 is 0 Å². The van der Waals surface area contributed by atoms with E-state index in [0.29, 0.717) is 13.2 Å². The first kappa shape index (κ1) is 13.2. The normalized spacial score (nSPS) is 25.9. The minimum atomic E-state index is -0.125. The van der Waals surface area contributed by atoms with E-state index >= 15 is 0 Å². The van der Waals surface area contributed by atoms with Crippen LogP contribution in [0.4, 0.5) is 0 Å². The van der Waals surface area contributed by atoms with E-state index in [-0.39, 0.29) is 25.4 Å². The maximum atomic E-state index is 9.44. The minimum Gasteiger partial charge on any atom is -0.394 e. The topological polar surface area (TPSA) is 99.7 Å². The second-order valence-electron chi connectivity index (χ2n) is 2.46. The van der Waals surface area contributed by atoms with Crippen LogP contribution in [0.2, 0.25) is 0 Å². The number of aliphatic hydroxyl groups is 2. The molecule has 0 amide bonds. The lowest BCUT2D eigenvalue weighted by atomic mass is 10.6. The average molecular weight is 206 g/mol. The molecule has 2 rings (SSSR count). The predicted molar refractivity (Wildman–Crippen MR) is 45.8 cm³/mol. The van der Waals surface area contributed by atoms with E-state index in [9.17, 15) is 9.59 Å². The van der Waals surface area contributed by atoms with Crippen LogP contribution in [-0.2, 0) is 19.1 Å². The predicted octanol–water partition coefficient (Wildman–Crippen LogP) is -1.86. The van der Waals surface area contributed by atoms with Crippen LogP contribution in [0.5, 0.6) is 0 Å². The summed E-state index contributed by atoms with van der Waals surface area (Å²) in [6.45, 7) is 1.03. The lowest BCUT2D eigenvalue weighted by Gasteiger charge is -1.70. The second kappa shape index (κ2) is 8.76. The molecule has 0 saturated carbocycles. The van der Waals surface area contributed by atoms with Crippen LogP contribution in [0.25, 0.3) is 0 Å². The maximum absolute atomic E-state index is 9.44. The van der Waals surface area contributed by atoms with E-state index < -0.39 is 0 Å². The van der Waals surface area contributed by atoms with Gasteiger partial charge >= 0.3 is 0 Å². The summed E-state index contributed by atoms with van der Waals surface area (Å²) in [5.41, 5.74) is 0. The molecule has 0 aromatic heterocycles. The van der Waals surface area contributed by atoms with Crippen molar-refractivity contribution >= 4 is 12.6 Å². The summed E-state index contributed by atoms with van der Waals surface area (Å²) in [5.74, 6) is 0. The number of carbonyl (C=O) groups is 2. The highest BCUT2D eigenvalue weighted by Gasteiger charge is 2.20. The van der Waals surface area contributed by atoms with E-state index in [1.165, 1.54) is 0 Å². The van der Waals surface area contributed by atoms with Crippen LogP contribution in [0, 0.1) is 0 Å². The number of ether oxygens (including phenoxy) is 2. The molecule has 2 heterocycles. The van der Waals surface area contributed by atoms with Gasteiger partial charge in [-0.1, -0.05) is 0 Å².